The van der Waals surface area contributed by atoms with Crippen molar-refractivity contribution in [3.63, 3.8) is 0 Å². The number of hydrogen-bond donors (Lipinski definition) is 3. The van der Waals surface area contributed by atoms with Gasteiger partial charge in [0.15, 0.2) is 5.96 Å². The van der Waals surface area contributed by atoms with Gasteiger partial charge in [0.1, 0.15) is 5.54 Å². The van der Waals surface area contributed by atoms with Crippen LogP contribution in [0.1, 0.15) is 40.0 Å². The highest BCUT2D eigenvalue weighted by Crippen LogP contribution is 2.31. The molecule has 0 aromatic heterocycles. The van der Waals surface area contributed by atoms with Gasteiger partial charge in [-0.25, -0.2) is 4.79 Å². The summed E-state index contributed by atoms with van der Waals surface area (Å²) in [6, 6.07) is -0.387. The lowest BCUT2D eigenvalue weighted by Crippen LogP contribution is -2.55. The molecule has 9 heteroatoms. The first-order valence-corrected chi connectivity index (χ1v) is 9.61. The predicted molar refractivity (Wildman–Crippen MR) is 114 cm³/mol. The highest BCUT2D eigenvalue weighted by molar-refractivity contribution is 14.0. The Kier molecular flexibility index (Phi) is 7.34. The molecule has 3 saturated heterocycles. The van der Waals surface area contributed by atoms with Crippen LogP contribution in [-0.2, 0) is 9.53 Å². The fourth-order valence-corrected chi connectivity index (χ4v) is 4.04. The Morgan fingerprint density at radius 2 is 2.04 bits per heavy atom. The maximum absolute atomic E-state index is 12.2. The van der Waals surface area contributed by atoms with Crippen molar-refractivity contribution in [1.82, 2.24) is 20.9 Å². The van der Waals surface area contributed by atoms with Gasteiger partial charge >= 0.3 is 6.03 Å². The van der Waals surface area contributed by atoms with Crippen LogP contribution in [0.5, 0.6) is 0 Å². The number of hydrogen-bond acceptors (Lipinski definition) is 4. The molecule has 0 spiro atoms. The van der Waals surface area contributed by atoms with Crippen molar-refractivity contribution in [1.29, 1.82) is 0 Å². The minimum atomic E-state index is -0.798. The van der Waals surface area contributed by atoms with Gasteiger partial charge in [0, 0.05) is 31.7 Å². The molecule has 0 radical (unpaired) electrons. The summed E-state index contributed by atoms with van der Waals surface area (Å²) in [5, 5.41) is 8.56. The van der Waals surface area contributed by atoms with Crippen LogP contribution in [0.15, 0.2) is 4.99 Å². The van der Waals surface area contributed by atoms with E-state index >= 15 is 0 Å². The second-order valence-corrected chi connectivity index (χ2v) is 8.16. The quantitative estimate of drug-likeness (QED) is 0.238. The van der Waals surface area contributed by atoms with Gasteiger partial charge in [-0.1, -0.05) is 6.92 Å². The number of rotatable bonds is 4. The van der Waals surface area contributed by atoms with Gasteiger partial charge in [-0.15, -0.1) is 24.0 Å². The summed E-state index contributed by atoms with van der Waals surface area (Å²) in [4.78, 5) is 30.8. The lowest BCUT2D eigenvalue weighted by atomic mass is 9.79. The average Bonchev–Trinajstić information content (AvgIpc) is 3.16. The molecule has 3 rings (SSSR count). The summed E-state index contributed by atoms with van der Waals surface area (Å²) in [7, 11) is 0. The van der Waals surface area contributed by atoms with E-state index in [1.165, 1.54) is 0 Å². The summed E-state index contributed by atoms with van der Waals surface area (Å²) in [6.45, 7) is 10.9. The fraction of sp³-hybridized carbons (Fsp3) is 0.833. The third kappa shape index (κ3) is 4.85. The highest BCUT2D eigenvalue weighted by Gasteiger charge is 2.48. The molecule has 0 aromatic carbocycles. The van der Waals surface area contributed by atoms with Crippen LogP contribution in [0, 0.1) is 11.3 Å². The van der Waals surface area contributed by atoms with Gasteiger partial charge in [0.25, 0.3) is 5.91 Å². The molecule has 3 N–H and O–H groups in total. The summed E-state index contributed by atoms with van der Waals surface area (Å²) in [5.74, 6) is 0.855. The normalized spacial score (nSPS) is 32.1. The molecule has 3 amide bonds. The topological polar surface area (TPSA) is 95.1 Å². The minimum Gasteiger partial charge on any atom is -0.381 e. The number of amides is 3. The first-order chi connectivity index (χ1) is 12.4. The lowest BCUT2D eigenvalue weighted by molar-refractivity contribution is -0.125. The first-order valence-electron chi connectivity index (χ1n) is 9.61. The summed E-state index contributed by atoms with van der Waals surface area (Å²) < 4.78 is 5.52. The molecular formula is C18H32IN5O3. The van der Waals surface area contributed by atoms with E-state index in [0.29, 0.717) is 0 Å². The Hall–Kier alpha value is -1.10. The van der Waals surface area contributed by atoms with Crippen molar-refractivity contribution < 1.29 is 14.3 Å². The van der Waals surface area contributed by atoms with E-state index in [1.807, 2.05) is 6.92 Å². The Bertz CT molecular complexity index is 586. The molecular weight excluding hydrogens is 461 g/mol. The summed E-state index contributed by atoms with van der Waals surface area (Å²) in [5.41, 5.74) is -0.675. The Morgan fingerprint density at radius 1 is 1.33 bits per heavy atom. The molecule has 27 heavy (non-hydrogen) atoms. The fourth-order valence-electron chi connectivity index (χ4n) is 4.04. The number of carbonyl (C=O) groups excluding carboxylic acids is 2. The number of aliphatic imine (C=N–C) groups is 1. The predicted octanol–water partition coefficient (Wildman–Crippen LogP) is 1.31. The third-order valence-corrected chi connectivity index (χ3v) is 5.93. The summed E-state index contributed by atoms with van der Waals surface area (Å²) >= 11 is 0. The van der Waals surface area contributed by atoms with E-state index in [9.17, 15) is 9.59 Å². The van der Waals surface area contributed by atoms with Gasteiger partial charge < -0.3 is 20.3 Å². The van der Waals surface area contributed by atoms with E-state index in [1.54, 1.807) is 0 Å². The number of halogens is 1. The molecule has 8 nitrogen and oxygen atoms in total. The number of piperidine rings is 1. The van der Waals surface area contributed by atoms with Crippen LogP contribution >= 0.6 is 24.0 Å². The number of nitrogens with zero attached hydrogens (tertiary/aromatic N) is 2. The van der Waals surface area contributed by atoms with Crippen LogP contribution in [-0.4, -0.2) is 67.7 Å². The monoisotopic (exact) mass is 493 g/mol. The molecule has 3 heterocycles. The average molecular weight is 493 g/mol. The second kappa shape index (κ2) is 8.93. The summed E-state index contributed by atoms with van der Waals surface area (Å²) in [6.07, 6.45) is 2.73. The number of likely N-dealkylation sites (tertiary alicyclic amines) is 1. The highest BCUT2D eigenvalue weighted by atomic mass is 127. The van der Waals surface area contributed by atoms with Crippen LogP contribution in [0.4, 0.5) is 4.79 Å². The molecule has 0 aliphatic carbocycles. The number of guanidine groups is 1. The molecule has 0 bridgehead atoms. The van der Waals surface area contributed by atoms with Crippen molar-refractivity contribution in [2.75, 3.05) is 39.4 Å². The van der Waals surface area contributed by atoms with E-state index in [4.69, 9.17) is 9.73 Å². The van der Waals surface area contributed by atoms with Gasteiger partial charge in [-0.3, -0.25) is 15.1 Å². The van der Waals surface area contributed by atoms with Crippen molar-refractivity contribution in [3.05, 3.63) is 0 Å². The zero-order chi connectivity index (χ0) is 18.8. The Balaban J connectivity index is 0.00000261. The van der Waals surface area contributed by atoms with Gasteiger partial charge in [0.2, 0.25) is 0 Å². The van der Waals surface area contributed by atoms with Gasteiger partial charge in [0.05, 0.1) is 13.2 Å². The molecule has 0 saturated carbocycles. The van der Waals surface area contributed by atoms with Crippen molar-refractivity contribution in [2.24, 2.45) is 16.3 Å². The molecule has 3 aliphatic rings. The number of ether oxygens (including phenoxy) is 1. The Morgan fingerprint density at radius 3 is 2.56 bits per heavy atom. The number of carbonyl (C=O) groups is 2. The van der Waals surface area contributed by atoms with Gasteiger partial charge in [-0.05, 0) is 39.0 Å². The lowest BCUT2D eigenvalue weighted by Gasteiger charge is -2.40. The van der Waals surface area contributed by atoms with Crippen LogP contribution < -0.4 is 16.0 Å². The third-order valence-electron chi connectivity index (χ3n) is 5.93. The molecule has 3 aliphatic heterocycles. The zero-order valence-electron chi connectivity index (χ0n) is 16.5. The van der Waals surface area contributed by atoms with Crippen molar-refractivity contribution >= 4 is 41.9 Å². The Labute approximate surface area is 178 Å². The van der Waals surface area contributed by atoms with Gasteiger partial charge in [-0.2, -0.15) is 0 Å². The van der Waals surface area contributed by atoms with E-state index in [-0.39, 0.29) is 47.2 Å². The minimum absolute atomic E-state index is 0. The number of urea groups is 1. The largest absolute Gasteiger partial charge is 0.381 e. The maximum atomic E-state index is 12.2. The number of imide groups is 1. The second-order valence-electron chi connectivity index (χ2n) is 8.16. The number of nitrogens with one attached hydrogen (secondary N) is 3. The van der Waals surface area contributed by atoms with E-state index in [0.717, 1.165) is 64.6 Å². The van der Waals surface area contributed by atoms with Crippen molar-refractivity contribution in [2.45, 2.75) is 45.6 Å². The molecule has 0 aromatic rings. The van der Waals surface area contributed by atoms with Crippen molar-refractivity contribution in [3.8, 4) is 0 Å². The molecule has 154 valence electrons. The molecule has 3 fully saturated rings. The van der Waals surface area contributed by atoms with E-state index in [2.05, 4.69) is 34.7 Å². The molecule has 2 unspecified atom stereocenters. The van der Waals surface area contributed by atoms with Crippen LogP contribution in [0.2, 0.25) is 0 Å². The maximum Gasteiger partial charge on any atom is 0.322 e. The SMILES string of the molecule is CCNC(=NCC1(C)CCOC1)N1CCC(C2(C)NC(=O)NC2=O)CC1.I. The zero-order valence-corrected chi connectivity index (χ0v) is 18.8. The smallest absolute Gasteiger partial charge is 0.322 e. The van der Waals surface area contributed by atoms with E-state index < -0.39 is 5.54 Å². The molecule has 2 atom stereocenters. The first kappa shape index (κ1) is 22.2. The van der Waals surface area contributed by atoms with Crippen LogP contribution in [0.25, 0.3) is 0 Å². The van der Waals surface area contributed by atoms with Crippen LogP contribution in [0.3, 0.4) is 0 Å². The standard InChI is InChI=1S/C18H31N5O3.HI/c1-4-19-15(20-11-17(2)7-10-26-12-17)23-8-5-13(6-9-23)18(3)14(24)21-16(25)22-18;/h13H,4-12H2,1-3H3,(H,19,20)(H2,21,22,24,25);1H.